The predicted octanol–water partition coefficient (Wildman–Crippen LogP) is 2.26. The van der Waals surface area contributed by atoms with Crippen LogP contribution in [0.4, 0.5) is 4.79 Å². The Morgan fingerprint density at radius 2 is 2.09 bits per heavy atom. The highest BCUT2D eigenvalue weighted by molar-refractivity contribution is 7.99. The van der Waals surface area contributed by atoms with Gasteiger partial charge in [-0.2, -0.15) is 0 Å². The summed E-state index contributed by atoms with van der Waals surface area (Å²) in [7, 11) is 1.85. The molecule has 0 atom stereocenters. The van der Waals surface area contributed by atoms with Crippen LogP contribution < -0.4 is 10.6 Å². The van der Waals surface area contributed by atoms with Crippen LogP contribution in [0.1, 0.15) is 20.8 Å². The first-order chi connectivity index (χ1) is 10.8. The second-order valence-corrected chi connectivity index (χ2v) is 7.77. The molecular weight excluding hydrogens is 334 g/mol. The van der Waals surface area contributed by atoms with Gasteiger partial charge in [-0.15, -0.1) is 21.5 Å². The van der Waals surface area contributed by atoms with Crippen LogP contribution >= 0.6 is 23.1 Å². The Balaban J connectivity index is 1.89. The molecule has 0 saturated heterocycles. The molecule has 9 heteroatoms. The molecule has 0 spiro atoms. The third kappa shape index (κ3) is 5.07. The van der Waals surface area contributed by atoms with Crippen LogP contribution in [0, 0.1) is 0 Å². The summed E-state index contributed by atoms with van der Waals surface area (Å²) in [4.78, 5) is 24.4. The Labute approximate surface area is 142 Å². The maximum Gasteiger partial charge on any atom is 0.321 e. The topological polar surface area (TPSA) is 88.9 Å². The number of carbonyl (C=O) groups is 2. The van der Waals surface area contributed by atoms with Gasteiger partial charge in [-0.05, 0) is 32.2 Å². The number of rotatable bonds is 4. The molecule has 124 valence electrons. The first kappa shape index (κ1) is 17.5. The number of thiophene rings is 1. The Morgan fingerprint density at radius 3 is 2.70 bits per heavy atom. The molecule has 0 bridgehead atoms. The molecule has 23 heavy (non-hydrogen) atoms. The van der Waals surface area contributed by atoms with Crippen molar-refractivity contribution in [1.82, 2.24) is 25.4 Å². The van der Waals surface area contributed by atoms with E-state index in [0.29, 0.717) is 5.16 Å². The van der Waals surface area contributed by atoms with Crippen molar-refractivity contribution in [3.63, 3.8) is 0 Å². The van der Waals surface area contributed by atoms with Crippen molar-refractivity contribution in [2.24, 2.45) is 7.05 Å². The van der Waals surface area contributed by atoms with Crippen molar-refractivity contribution >= 4 is 35.0 Å². The quantitative estimate of drug-likeness (QED) is 0.823. The Bertz CT molecular complexity index is 689. The highest BCUT2D eigenvalue weighted by Crippen LogP contribution is 2.25. The van der Waals surface area contributed by atoms with E-state index in [4.69, 9.17) is 0 Å². The summed E-state index contributed by atoms with van der Waals surface area (Å²) >= 11 is 2.81. The molecule has 2 rings (SSSR count). The number of carbonyl (C=O) groups excluding carboxylic acids is 2. The first-order valence-corrected chi connectivity index (χ1v) is 8.81. The molecule has 0 fully saturated rings. The van der Waals surface area contributed by atoms with E-state index in [1.807, 2.05) is 49.9 Å². The maximum atomic E-state index is 11.8. The molecule has 0 aliphatic rings. The molecule has 0 aliphatic carbocycles. The lowest BCUT2D eigenvalue weighted by Gasteiger charge is -2.20. The molecular formula is C14H19N5O2S2. The van der Waals surface area contributed by atoms with Crippen molar-refractivity contribution in [1.29, 1.82) is 0 Å². The molecule has 7 nitrogen and oxygen atoms in total. The summed E-state index contributed by atoms with van der Waals surface area (Å²) < 4.78 is 1.83. The number of hydrogen-bond acceptors (Lipinski definition) is 6. The van der Waals surface area contributed by atoms with Gasteiger partial charge in [0.05, 0.1) is 10.6 Å². The second kappa shape index (κ2) is 7.14. The van der Waals surface area contributed by atoms with Crippen molar-refractivity contribution < 1.29 is 9.59 Å². The lowest BCUT2D eigenvalue weighted by molar-refractivity contribution is -0.117. The smallest absolute Gasteiger partial charge is 0.321 e. The molecule has 0 radical (unpaired) electrons. The van der Waals surface area contributed by atoms with E-state index in [0.717, 1.165) is 10.7 Å². The number of hydrogen-bond donors (Lipinski definition) is 2. The van der Waals surface area contributed by atoms with Gasteiger partial charge >= 0.3 is 6.03 Å². The van der Waals surface area contributed by atoms with Crippen molar-refractivity contribution in [3.8, 4) is 10.7 Å². The van der Waals surface area contributed by atoms with Gasteiger partial charge in [-0.3, -0.25) is 10.1 Å². The Hall–Kier alpha value is -1.87. The molecule has 0 saturated carbocycles. The summed E-state index contributed by atoms with van der Waals surface area (Å²) in [6.45, 7) is 5.53. The minimum absolute atomic E-state index is 0.0912. The highest BCUT2D eigenvalue weighted by Gasteiger charge is 2.17. The number of urea groups is 1. The zero-order valence-electron chi connectivity index (χ0n) is 13.4. The van der Waals surface area contributed by atoms with Crippen molar-refractivity contribution in [2.45, 2.75) is 31.5 Å². The second-order valence-electron chi connectivity index (χ2n) is 5.88. The van der Waals surface area contributed by atoms with Crippen LogP contribution in [-0.2, 0) is 11.8 Å². The summed E-state index contributed by atoms with van der Waals surface area (Å²) in [5.41, 5.74) is -0.392. The van der Waals surface area contributed by atoms with E-state index in [2.05, 4.69) is 20.8 Å². The Morgan fingerprint density at radius 1 is 1.35 bits per heavy atom. The van der Waals surface area contributed by atoms with Crippen LogP contribution in [0.25, 0.3) is 10.7 Å². The molecule has 2 aromatic heterocycles. The van der Waals surface area contributed by atoms with Gasteiger partial charge in [0, 0.05) is 12.6 Å². The number of aromatic nitrogens is 3. The van der Waals surface area contributed by atoms with E-state index < -0.39 is 11.6 Å². The lowest BCUT2D eigenvalue weighted by atomic mass is 10.1. The standard InChI is InChI=1S/C14H19N5O2S2/c1-14(2,3)16-12(21)15-10(20)8-23-13-18-17-11(19(13)4)9-6-5-7-22-9/h5-7H,8H2,1-4H3,(H2,15,16,20,21). The third-order valence-corrected chi connectivity index (χ3v) is 4.54. The molecule has 3 amide bonds. The van der Waals surface area contributed by atoms with Crippen LogP contribution in [0.15, 0.2) is 22.7 Å². The van der Waals surface area contributed by atoms with Crippen LogP contribution in [0.3, 0.4) is 0 Å². The van der Waals surface area contributed by atoms with Gasteiger partial charge < -0.3 is 9.88 Å². The van der Waals surface area contributed by atoms with Gasteiger partial charge in [0.15, 0.2) is 11.0 Å². The van der Waals surface area contributed by atoms with Gasteiger partial charge in [-0.1, -0.05) is 17.8 Å². The predicted molar refractivity (Wildman–Crippen MR) is 91.5 cm³/mol. The lowest BCUT2D eigenvalue weighted by Crippen LogP contribution is -2.48. The average molecular weight is 353 g/mol. The molecule has 0 aliphatic heterocycles. The van der Waals surface area contributed by atoms with E-state index in [-0.39, 0.29) is 11.7 Å². The molecule has 2 aromatic rings. The van der Waals surface area contributed by atoms with E-state index in [1.54, 1.807) is 11.3 Å². The minimum atomic E-state index is -0.500. The van der Waals surface area contributed by atoms with Crippen LogP contribution in [-0.4, -0.2) is 38.0 Å². The molecule has 2 N–H and O–H groups in total. The fourth-order valence-corrected chi connectivity index (χ4v) is 3.18. The van der Waals surface area contributed by atoms with Crippen molar-refractivity contribution in [3.05, 3.63) is 17.5 Å². The monoisotopic (exact) mass is 353 g/mol. The van der Waals surface area contributed by atoms with Gasteiger partial charge in [0.2, 0.25) is 5.91 Å². The number of amides is 3. The minimum Gasteiger partial charge on any atom is -0.333 e. The van der Waals surface area contributed by atoms with Gasteiger partial charge in [0.1, 0.15) is 0 Å². The molecule has 0 unspecified atom stereocenters. The molecule has 2 heterocycles. The summed E-state index contributed by atoms with van der Waals surface area (Å²) in [6.07, 6.45) is 0. The van der Waals surface area contributed by atoms with E-state index in [9.17, 15) is 9.59 Å². The normalized spacial score (nSPS) is 11.3. The van der Waals surface area contributed by atoms with Crippen LogP contribution in [0.2, 0.25) is 0 Å². The number of nitrogens with zero attached hydrogens (tertiary/aromatic N) is 3. The third-order valence-electron chi connectivity index (χ3n) is 2.65. The highest BCUT2D eigenvalue weighted by atomic mass is 32.2. The Kier molecular flexibility index (Phi) is 5.42. The van der Waals surface area contributed by atoms with Crippen molar-refractivity contribution in [2.75, 3.05) is 5.75 Å². The number of thioether (sulfide) groups is 1. The first-order valence-electron chi connectivity index (χ1n) is 6.94. The summed E-state index contributed by atoms with van der Waals surface area (Å²) in [5, 5.41) is 15.8. The SMILES string of the molecule is Cn1c(SCC(=O)NC(=O)NC(C)(C)C)nnc1-c1cccs1. The largest absolute Gasteiger partial charge is 0.333 e. The maximum absolute atomic E-state index is 11.8. The summed E-state index contributed by atoms with van der Waals surface area (Å²) in [5.74, 6) is 0.472. The van der Waals surface area contributed by atoms with Gasteiger partial charge in [0.25, 0.3) is 0 Å². The van der Waals surface area contributed by atoms with E-state index >= 15 is 0 Å². The van der Waals surface area contributed by atoms with E-state index in [1.165, 1.54) is 11.8 Å². The molecule has 0 aromatic carbocycles. The number of imide groups is 1. The summed E-state index contributed by atoms with van der Waals surface area (Å²) in [6, 6.07) is 3.41. The zero-order valence-corrected chi connectivity index (χ0v) is 15.0. The fraction of sp³-hybridized carbons (Fsp3) is 0.429. The average Bonchev–Trinajstić information content (AvgIpc) is 3.03. The fourth-order valence-electron chi connectivity index (χ4n) is 1.73. The van der Waals surface area contributed by atoms with Gasteiger partial charge in [-0.25, -0.2) is 4.79 Å². The van der Waals surface area contributed by atoms with Crippen LogP contribution in [0.5, 0.6) is 0 Å². The number of nitrogens with one attached hydrogen (secondary N) is 2. The zero-order chi connectivity index (χ0) is 17.0.